The monoisotopic (exact) mass is 264 g/mol. The molecule has 0 radical (unpaired) electrons. The lowest BCUT2D eigenvalue weighted by molar-refractivity contribution is 0.0601. The van der Waals surface area contributed by atoms with E-state index in [0.29, 0.717) is 11.4 Å². The van der Waals surface area contributed by atoms with Gasteiger partial charge in [-0.2, -0.15) is 0 Å². The number of anilines is 1. The number of rotatable bonds is 3. The summed E-state index contributed by atoms with van der Waals surface area (Å²) in [6.45, 7) is 0. The van der Waals surface area contributed by atoms with Gasteiger partial charge in [0, 0.05) is 6.20 Å². The van der Waals surface area contributed by atoms with Crippen molar-refractivity contribution in [3.05, 3.63) is 23.9 Å². The van der Waals surface area contributed by atoms with E-state index in [1.807, 2.05) is 0 Å². The van der Waals surface area contributed by atoms with Crippen LogP contribution in [0.1, 0.15) is 42.5 Å². The van der Waals surface area contributed by atoms with E-state index in [2.05, 4.69) is 10.3 Å². The smallest absolute Gasteiger partial charge is 0.341 e. The highest BCUT2D eigenvalue weighted by Crippen LogP contribution is 2.22. The van der Waals surface area contributed by atoms with E-state index in [0.717, 1.165) is 32.1 Å². The Hall–Kier alpha value is -1.62. The molecule has 1 aromatic rings. The van der Waals surface area contributed by atoms with Crippen LogP contribution < -0.4 is 5.32 Å². The number of carbonyl (C=O) groups is 1. The molecule has 0 amide bonds. The van der Waals surface area contributed by atoms with Crippen LogP contribution in [0, 0.1) is 0 Å². The standard InChI is InChI=1S/C14H20N2O3/c1-19-14(18)10-6-5-9-15-13(10)16-11-7-3-2-4-8-12(11)17/h5-6,9,11-12,17H,2-4,7-8H2,1H3,(H,15,16). The van der Waals surface area contributed by atoms with E-state index in [-0.39, 0.29) is 6.04 Å². The van der Waals surface area contributed by atoms with Gasteiger partial charge in [0.05, 0.1) is 19.3 Å². The van der Waals surface area contributed by atoms with Crippen molar-refractivity contribution in [3.8, 4) is 0 Å². The lowest BCUT2D eigenvalue weighted by atomic mass is 10.1. The first-order chi connectivity index (χ1) is 9.22. The molecule has 0 aromatic carbocycles. The van der Waals surface area contributed by atoms with Crippen LogP contribution in [0.5, 0.6) is 0 Å². The second-order valence-corrected chi connectivity index (χ2v) is 4.85. The number of nitrogens with one attached hydrogen (secondary N) is 1. The van der Waals surface area contributed by atoms with Gasteiger partial charge in [-0.3, -0.25) is 0 Å². The fraction of sp³-hybridized carbons (Fsp3) is 0.571. The van der Waals surface area contributed by atoms with Gasteiger partial charge in [0.25, 0.3) is 0 Å². The quantitative estimate of drug-likeness (QED) is 0.645. The molecule has 2 atom stereocenters. The molecular weight excluding hydrogens is 244 g/mol. The van der Waals surface area contributed by atoms with Crippen LogP contribution in [-0.2, 0) is 4.74 Å². The number of hydrogen-bond donors (Lipinski definition) is 2. The average Bonchev–Trinajstić information content (AvgIpc) is 2.64. The Bertz CT molecular complexity index is 436. The van der Waals surface area contributed by atoms with E-state index in [1.165, 1.54) is 7.11 Å². The topological polar surface area (TPSA) is 71.5 Å². The number of ether oxygens (including phenoxy) is 1. The summed E-state index contributed by atoms with van der Waals surface area (Å²) in [7, 11) is 1.35. The first kappa shape index (κ1) is 13.8. The maximum Gasteiger partial charge on any atom is 0.341 e. The third-order valence-electron chi connectivity index (χ3n) is 3.51. The highest BCUT2D eigenvalue weighted by molar-refractivity contribution is 5.94. The number of methoxy groups -OCH3 is 1. The van der Waals surface area contributed by atoms with Gasteiger partial charge in [0.15, 0.2) is 0 Å². The lowest BCUT2D eigenvalue weighted by Crippen LogP contribution is -2.33. The van der Waals surface area contributed by atoms with Crippen molar-refractivity contribution in [2.75, 3.05) is 12.4 Å². The minimum Gasteiger partial charge on any atom is -0.465 e. The fourth-order valence-corrected chi connectivity index (χ4v) is 2.43. The van der Waals surface area contributed by atoms with E-state index < -0.39 is 12.1 Å². The number of aromatic nitrogens is 1. The number of nitrogens with zero attached hydrogens (tertiary/aromatic N) is 1. The molecule has 0 saturated heterocycles. The molecule has 2 N–H and O–H groups in total. The summed E-state index contributed by atoms with van der Waals surface area (Å²) < 4.78 is 4.74. The third-order valence-corrected chi connectivity index (χ3v) is 3.51. The molecule has 5 heteroatoms. The minimum absolute atomic E-state index is 0.0548. The van der Waals surface area contributed by atoms with Crippen molar-refractivity contribution in [1.82, 2.24) is 4.98 Å². The van der Waals surface area contributed by atoms with Crippen LogP contribution in [0.25, 0.3) is 0 Å². The molecule has 2 unspecified atom stereocenters. The number of carbonyl (C=O) groups excluding carboxylic acids is 1. The molecule has 0 aliphatic heterocycles. The number of aliphatic hydroxyl groups is 1. The van der Waals surface area contributed by atoms with Crippen molar-refractivity contribution in [2.24, 2.45) is 0 Å². The van der Waals surface area contributed by atoms with Crippen LogP contribution >= 0.6 is 0 Å². The molecule has 1 aliphatic carbocycles. The SMILES string of the molecule is COC(=O)c1cccnc1NC1CCCCCC1O. The molecule has 0 spiro atoms. The minimum atomic E-state index is -0.418. The van der Waals surface area contributed by atoms with Gasteiger partial charge in [0.1, 0.15) is 11.4 Å². The highest BCUT2D eigenvalue weighted by atomic mass is 16.5. The van der Waals surface area contributed by atoms with Crippen molar-refractivity contribution in [2.45, 2.75) is 44.2 Å². The molecule has 19 heavy (non-hydrogen) atoms. The fourth-order valence-electron chi connectivity index (χ4n) is 2.43. The van der Waals surface area contributed by atoms with E-state index in [1.54, 1.807) is 18.3 Å². The summed E-state index contributed by atoms with van der Waals surface area (Å²) in [4.78, 5) is 15.8. The Balaban J connectivity index is 2.15. The van der Waals surface area contributed by atoms with Gasteiger partial charge in [0.2, 0.25) is 0 Å². The zero-order valence-electron chi connectivity index (χ0n) is 11.1. The van der Waals surface area contributed by atoms with Crippen molar-refractivity contribution in [1.29, 1.82) is 0 Å². The Morgan fingerprint density at radius 1 is 1.42 bits per heavy atom. The Morgan fingerprint density at radius 3 is 3.00 bits per heavy atom. The molecule has 1 aliphatic rings. The van der Waals surface area contributed by atoms with Crippen LogP contribution in [0.3, 0.4) is 0 Å². The van der Waals surface area contributed by atoms with Crippen molar-refractivity contribution >= 4 is 11.8 Å². The Labute approximate surface area is 113 Å². The van der Waals surface area contributed by atoms with E-state index >= 15 is 0 Å². The van der Waals surface area contributed by atoms with Gasteiger partial charge in [-0.1, -0.05) is 19.3 Å². The third kappa shape index (κ3) is 3.44. The molecular formula is C14H20N2O3. The number of pyridine rings is 1. The van der Waals surface area contributed by atoms with E-state index in [9.17, 15) is 9.90 Å². The number of hydrogen-bond acceptors (Lipinski definition) is 5. The molecule has 1 aromatic heterocycles. The van der Waals surface area contributed by atoms with Crippen LogP contribution in [-0.4, -0.2) is 35.3 Å². The first-order valence-corrected chi connectivity index (χ1v) is 6.70. The Kier molecular flexibility index (Phi) is 4.74. The second kappa shape index (κ2) is 6.52. The van der Waals surface area contributed by atoms with Crippen LogP contribution in [0.2, 0.25) is 0 Å². The molecule has 2 rings (SSSR count). The molecule has 1 saturated carbocycles. The molecule has 5 nitrogen and oxygen atoms in total. The number of esters is 1. The maximum atomic E-state index is 11.7. The van der Waals surface area contributed by atoms with Crippen LogP contribution in [0.15, 0.2) is 18.3 Å². The lowest BCUT2D eigenvalue weighted by Gasteiger charge is -2.23. The largest absolute Gasteiger partial charge is 0.465 e. The van der Waals surface area contributed by atoms with Crippen molar-refractivity contribution < 1.29 is 14.6 Å². The maximum absolute atomic E-state index is 11.7. The summed E-state index contributed by atoms with van der Waals surface area (Å²) in [5.41, 5.74) is 0.404. The van der Waals surface area contributed by atoms with Gasteiger partial charge in [-0.15, -0.1) is 0 Å². The van der Waals surface area contributed by atoms with Crippen molar-refractivity contribution in [3.63, 3.8) is 0 Å². The molecule has 0 bridgehead atoms. The highest BCUT2D eigenvalue weighted by Gasteiger charge is 2.23. The van der Waals surface area contributed by atoms with Gasteiger partial charge in [-0.25, -0.2) is 9.78 Å². The summed E-state index contributed by atoms with van der Waals surface area (Å²) >= 11 is 0. The normalized spacial score (nSPS) is 23.5. The summed E-state index contributed by atoms with van der Waals surface area (Å²) in [5.74, 6) is 0.0685. The predicted molar refractivity (Wildman–Crippen MR) is 72.1 cm³/mol. The predicted octanol–water partition coefficient (Wildman–Crippen LogP) is 1.97. The Morgan fingerprint density at radius 2 is 2.21 bits per heavy atom. The summed E-state index contributed by atoms with van der Waals surface area (Å²) in [5, 5.41) is 13.3. The van der Waals surface area contributed by atoms with Gasteiger partial charge in [-0.05, 0) is 25.0 Å². The first-order valence-electron chi connectivity index (χ1n) is 6.70. The van der Waals surface area contributed by atoms with E-state index in [4.69, 9.17) is 4.74 Å². The summed E-state index contributed by atoms with van der Waals surface area (Å²) in [6, 6.07) is 3.31. The average molecular weight is 264 g/mol. The summed E-state index contributed by atoms with van der Waals surface area (Å²) in [6.07, 6.45) is 6.17. The van der Waals surface area contributed by atoms with Gasteiger partial charge < -0.3 is 15.2 Å². The van der Waals surface area contributed by atoms with Crippen LogP contribution in [0.4, 0.5) is 5.82 Å². The zero-order chi connectivity index (χ0) is 13.7. The second-order valence-electron chi connectivity index (χ2n) is 4.85. The molecule has 1 heterocycles. The molecule has 1 fully saturated rings. The zero-order valence-corrected chi connectivity index (χ0v) is 11.1. The molecule has 104 valence electrons. The number of aliphatic hydroxyl groups excluding tert-OH is 1. The van der Waals surface area contributed by atoms with Gasteiger partial charge >= 0.3 is 5.97 Å².